The van der Waals surface area contributed by atoms with Gasteiger partial charge in [0.2, 0.25) is 10.0 Å². The Labute approximate surface area is 192 Å². The van der Waals surface area contributed by atoms with E-state index in [0.717, 1.165) is 47.5 Å². The number of aromatic nitrogens is 1. The minimum absolute atomic E-state index is 0.0613. The van der Waals surface area contributed by atoms with Crippen LogP contribution in [0.5, 0.6) is 11.5 Å². The first kappa shape index (κ1) is 22.6. The lowest BCUT2D eigenvalue weighted by Crippen LogP contribution is -2.42. The average Bonchev–Trinajstić information content (AvgIpc) is 2.72. The van der Waals surface area contributed by atoms with Crippen LogP contribution in [0, 0.1) is 6.92 Å². The van der Waals surface area contributed by atoms with Crippen molar-refractivity contribution in [1.82, 2.24) is 4.98 Å². The Morgan fingerprint density at radius 1 is 1.12 bits per heavy atom. The monoisotopic (exact) mass is 467 g/mol. The van der Waals surface area contributed by atoms with Crippen LogP contribution in [0.1, 0.15) is 35.0 Å². The summed E-state index contributed by atoms with van der Waals surface area (Å²) in [7, 11) is -3.41. The van der Waals surface area contributed by atoms with E-state index >= 15 is 0 Å². The summed E-state index contributed by atoms with van der Waals surface area (Å²) in [5.74, 6) is -0.443. The standard InChI is InChI=1S/C24H25N3O5S/c1-14-4-5-17-12-16(19-9-11-23(25-15(19)2)26-33(3,31)32)6-10-21(17)27(14)24(30)20-8-7-18(28)13-22(20)29/h6-14,28-29H,4-5H2,1-3H3,(H,25,26)/t14-/m0/s1. The highest BCUT2D eigenvalue weighted by atomic mass is 32.2. The lowest BCUT2D eigenvalue weighted by atomic mass is 9.92. The number of anilines is 2. The molecule has 2 aromatic carbocycles. The number of fused-ring (bicyclic) bond motifs is 1. The fraction of sp³-hybridized carbons (Fsp3) is 0.250. The molecule has 0 unspecified atom stereocenters. The van der Waals surface area contributed by atoms with E-state index in [1.807, 2.05) is 38.1 Å². The SMILES string of the molecule is Cc1nc(NS(C)(=O)=O)ccc1-c1ccc2c(c1)CC[C@H](C)N2C(=O)c1ccc(O)cc1O. The molecule has 9 heteroatoms. The predicted octanol–water partition coefficient (Wildman–Crippen LogP) is 3.82. The van der Waals surface area contributed by atoms with Crippen LogP contribution in [-0.4, -0.2) is 41.8 Å². The quantitative estimate of drug-likeness (QED) is 0.537. The third-order valence-corrected chi connectivity index (χ3v) is 6.31. The highest BCUT2D eigenvalue weighted by molar-refractivity contribution is 7.92. The van der Waals surface area contributed by atoms with Gasteiger partial charge in [0.25, 0.3) is 5.91 Å². The third-order valence-electron chi connectivity index (χ3n) is 5.73. The number of nitrogens with one attached hydrogen (secondary N) is 1. The van der Waals surface area contributed by atoms with Gasteiger partial charge >= 0.3 is 0 Å². The first-order valence-electron chi connectivity index (χ1n) is 10.5. The minimum Gasteiger partial charge on any atom is -0.508 e. The van der Waals surface area contributed by atoms with Gasteiger partial charge in [-0.1, -0.05) is 6.07 Å². The van der Waals surface area contributed by atoms with E-state index in [-0.39, 0.29) is 34.8 Å². The average molecular weight is 468 g/mol. The molecule has 1 atom stereocenters. The molecule has 3 N–H and O–H groups in total. The molecular formula is C24H25N3O5S. The molecule has 0 saturated heterocycles. The van der Waals surface area contributed by atoms with Crippen LogP contribution >= 0.6 is 0 Å². The summed E-state index contributed by atoms with van der Waals surface area (Å²) in [6, 6.07) is 13.1. The molecule has 1 amide bonds. The smallest absolute Gasteiger partial charge is 0.262 e. The highest BCUT2D eigenvalue weighted by Crippen LogP contribution is 2.37. The number of carbonyl (C=O) groups is 1. The molecule has 0 spiro atoms. The zero-order chi connectivity index (χ0) is 23.9. The molecule has 4 rings (SSSR count). The number of hydrogen-bond donors (Lipinski definition) is 3. The molecule has 8 nitrogen and oxygen atoms in total. The Kier molecular flexibility index (Phi) is 5.75. The van der Waals surface area contributed by atoms with E-state index in [4.69, 9.17) is 0 Å². The second kappa shape index (κ2) is 8.40. The number of carbonyl (C=O) groups excluding carboxylic acids is 1. The van der Waals surface area contributed by atoms with Gasteiger partial charge in [0.1, 0.15) is 17.3 Å². The molecule has 0 radical (unpaired) electrons. The highest BCUT2D eigenvalue weighted by Gasteiger charge is 2.30. The van der Waals surface area contributed by atoms with Crippen LogP contribution in [0.4, 0.5) is 11.5 Å². The van der Waals surface area contributed by atoms with Crippen LogP contribution in [0.3, 0.4) is 0 Å². The summed E-state index contributed by atoms with van der Waals surface area (Å²) in [5, 5.41) is 19.7. The van der Waals surface area contributed by atoms with Crippen LogP contribution in [0.25, 0.3) is 11.1 Å². The maximum Gasteiger partial charge on any atom is 0.262 e. The predicted molar refractivity (Wildman–Crippen MR) is 127 cm³/mol. The molecule has 1 aliphatic heterocycles. The number of aromatic hydroxyl groups is 2. The van der Waals surface area contributed by atoms with Crippen LogP contribution < -0.4 is 9.62 Å². The van der Waals surface area contributed by atoms with Crippen molar-refractivity contribution < 1.29 is 23.4 Å². The van der Waals surface area contributed by atoms with E-state index in [1.54, 1.807) is 11.0 Å². The van der Waals surface area contributed by atoms with E-state index in [2.05, 4.69) is 9.71 Å². The summed E-state index contributed by atoms with van der Waals surface area (Å²) < 4.78 is 25.3. The van der Waals surface area contributed by atoms with Crippen LogP contribution in [0.15, 0.2) is 48.5 Å². The van der Waals surface area contributed by atoms with Gasteiger partial charge in [0.15, 0.2) is 0 Å². The van der Waals surface area contributed by atoms with Gasteiger partial charge in [-0.15, -0.1) is 0 Å². The van der Waals surface area contributed by atoms with E-state index in [1.165, 1.54) is 12.1 Å². The van der Waals surface area contributed by atoms with Gasteiger partial charge in [-0.25, -0.2) is 13.4 Å². The molecule has 0 bridgehead atoms. The number of aryl methyl sites for hydroxylation is 2. The number of rotatable bonds is 4. The van der Waals surface area contributed by atoms with Crippen molar-refractivity contribution in [2.45, 2.75) is 32.7 Å². The number of hydrogen-bond acceptors (Lipinski definition) is 6. The van der Waals surface area contributed by atoms with Gasteiger partial charge in [-0.3, -0.25) is 9.52 Å². The lowest BCUT2D eigenvalue weighted by molar-refractivity contribution is 0.0972. The molecule has 33 heavy (non-hydrogen) atoms. The van der Waals surface area contributed by atoms with E-state index < -0.39 is 10.0 Å². The van der Waals surface area contributed by atoms with Gasteiger partial charge in [-0.2, -0.15) is 0 Å². The maximum atomic E-state index is 13.3. The molecular weight excluding hydrogens is 442 g/mol. The van der Waals surface area contributed by atoms with Crippen molar-refractivity contribution in [3.8, 4) is 22.6 Å². The second-order valence-corrected chi connectivity index (χ2v) is 10.1. The van der Waals surface area contributed by atoms with Crippen molar-refractivity contribution in [2.75, 3.05) is 15.9 Å². The summed E-state index contributed by atoms with van der Waals surface area (Å²) >= 11 is 0. The van der Waals surface area contributed by atoms with Crippen molar-refractivity contribution in [1.29, 1.82) is 0 Å². The van der Waals surface area contributed by atoms with Crippen molar-refractivity contribution in [3.05, 3.63) is 65.4 Å². The van der Waals surface area contributed by atoms with Gasteiger partial charge in [0.05, 0.1) is 11.8 Å². The van der Waals surface area contributed by atoms with Gasteiger partial charge in [-0.05, 0) is 74.2 Å². The molecule has 3 aromatic rings. The van der Waals surface area contributed by atoms with E-state index in [0.29, 0.717) is 5.69 Å². The largest absolute Gasteiger partial charge is 0.508 e. The maximum absolute atomic E-state index is 13.3. The normalized spacial score (nSPS) is 15.7. The topological polar surface area (TPSA) is 120 Å². The number of nitrogens with zero attached hydrogens (tertiary/aromatic N) is 2. The summed E-state index contributed by atoms with van der Waals surface area (Å²) in [4.78, 5) is 19.3. The molecule has 0 fully saturated rings. The van der Waals surface area contributed by atoms with Crippen molar-refractivity contribution >= 4 is 27.4 Å². The van der Waals surface area contributed by atoms with E-state index in [9.17, 15) is 23.4 Å². The van der Waals surface area contributed by atoms with Gasteiger partial charge < -0.3 is 15.1 Å². The zero-order valence-electron chi connectivity index (χ0n) is 18.5. The fourth-order valence-electron chi connectivity index (χ4n) is 4.17. The Balaban J connectivity index is 1.69. The Bertz CT molecular complexity index is 1350. The summed E-state index contributed by atoms with van der Waals surface area (Å²) in [6.45, 7) is 3.78. The lowest BCUT2D eigenvalue weighted by Gasteiger charge is -2.36. The second-order valence-electron chi connectivity index (χ2n) is 8.31. The first-order chi connectivity index (χ1) is 15.5. The van der Waals surface area contributed by atoms with Crippen molar-refractivity contribution in [3.63, 3.8) is 0 Å². The minimum atomic E-state index is -3.41. The number of benzene rings is 2. The van der Waals surface area contributed by atoms with Crippen LogP contribution in [-0.2, 0) is 16.4 Å². The Morgan fingerprint density at radius 2 is 1.88 bits per heavy atom. The first-order valence-corrected chi connectivity index (χ1v) is 12.4. The third kappa shape index (κ3) is 4.63. The number of amides is 1. The van der Waals surface area contributed by atoms with Gasteiger partial charge in [0, 0.05) is 29.1 Å². The number of phenols is 2. The van der Waals surface area contributed by atoms with Crippen LogP contribution in [0.2, 0.25) is 0 Å². The fourth-order valence-corrected chi connectivity index (χ4v) is 4.67. The molecule has 2 heterocycles. The summed E-state index contributed by atoms with van der Waals surface area (Å²) in [6.07, 6.45) is 2.62. The Hall–Kier alpha value is -3.59. The Morgan fingerprint density at radius 3 is 2.55 bits per heavy atom. The zero-order valence-corrected chi connectivity index (χ0v) is 19.3. The summed E-state index contributed by atoms with van der Waals surface area (Å²) in [5.41, 5.74) is 4.36. The molecule has 0 aliphatic carbocycles. The molecule has 0 saturated carbocycles. The molecule has 1 aliphatic rings. The van der Waals surface area contributed by atoms with Crippen molar-refractivity contribution in [2.24, 2.45) is 0 Å². The number of sulfonamides is 1. The molecule has 1 aromatic heterocycles. The number of phenolic OH excluding ortho intramolecular Hbond substituents is 2. The number of pyridine rings is 1. The molecule has 172 valence electrons.